The van der Waals surface area contributed by atoms with Gasteiger partial charge in [-0.25, -0.2) is 9.78 Å². The van der Waals surface area contributed by atoms with Crippen LogP contribution in [0.15, 0.2) is 42.6 Å². The fraction of sp³-hybridized carbons (Fsp3) is 0.368. The SMILES string of the molecule is COC(=O)c1cc(-c2ccc(OC3OC(CO)C(O)C(O)C3O)cc2)ccn1. The number of nitrogens with zero attached hydrogens (tertiary/aromatic N) is 1. The molecule has 1 aliphatic rings. The summed E-state index contributed by atoms with van der Waals surface area (Å²) < 4.78 is 15.5. The van der Waals surface area contributed by atoms with Gasteiger partial charge in [-0.15, -0.1) is 0 Å². The Hall–Kier alpha value is -2.56. The first-order valence-corrected chi connectivity index (χ1v) is 8.56. The van der Waals surface area contributed by atoms with Gasteiger partial charge in [-0.05, 0) is 35.4 Å². The first kappa shape index (κ1) is 20.2. The Kier molecular flexibility index (Phi) is 6.22. The number of carbonyl (C=O) groups is 1. The summed E-state index contributed by atoms with van der Waals surface area (Å²) >= 11 is 0. The normalized spacial score (nSPS) is 27.2. The number of rotatable bonds is 5. The van der Waals surface area contributed by atoms with Crippen molar-refractivity contribution in [1.82, 2.24) is 4.98 Å². The number of hydrogen-bond donors (Lipinski definition) is 4. The molecule has 2 aromatic rings. The van der Waals surface area contributed by atoms with E-state index < -0.39 is 43.3 Å². The summed E-state index contributed by atoms with van der Waals surface area (Å²) in [5.41, 5.74) is 1.71. The van der Waals surface area contributed by atoms with Gasteiger partial charge in [-0.2, -0.15) is 0 Å². The molecule has 1 aliphatic heterocycles. The van der Waals surface area contributed by atoms with E-state index in [9.17, 15) is 25.2 Å². The number of methoxy groups -OCH3 is 1. The Morgan fingerprint density at radius 1 is 1.07 bits per heavy atom. The summed E-state index contributed by atoms with van der Waals surface area (Å²) in [5, 5.41) is 38.9. The molecule has 1 aromatic carbocycles. The third kappa shape index (κ3) is 4.13. The van der Waals surface area contributed by atoms with Crippen molar-refractivity contribution >= 4 is 5.97 Å². The second-order valence-corrected chi connectivity index (χ2v) is 6.26. The van der Waals surface area contributed by atoms with Gasteiger partial charge in [0.2, 0.25) is 6.29 Å². The van der Waals surface area contributed by atoms with Crippen LogP contribution in [0.25, 0.3) is 11.1 Å². The van der Waals surface area contributed by atoms with Gasteiger partial charge >= 0.3 is 5.97 Å². The third-order valence-corrected chi connectivity index (χ3v) is 4.44. The molecule has 0 saturated carbocycles. The molecular formula is C19H21NO8. The fourth-order valence-electron chi connectivity index (χ4n) is 2.85. The predicted molar refractivity (Wildman–Crippen MR) is 95.4 cm³/mol. The van der Waals surface area contributed by atoms with Gasteiger partial charge < -0.3 is 34.6 Å². The second-order valence-electron chi connectivity index (χ2n) is 6.26. The zero-order chi connectivity index (χ0) is 20.3. The van der Waals surface area contributed by atoms with E-state index in [1.807, 2.05) is 0 Å². The van der Waals surface area contributed by atoms with Crippen LogP contribution in [0.2, 0.25) is 0 Å². The lowest BCUT2D eigenvalue weighted by Gasteiger charge is -2.39. The highest BCUT2D eigenvalue weighted by Crippen LogP contribution is 2.27. The molecule has 0 radical (unpaired) electrons. The summed E-state index contributed by atoms with van der Waals surface area (Å²) in [7, 11) is 1.28. The lowest BCUT2D eigenvalue weighted by atomic mass is 9.99. The number of esters is 1. The minimum Gasteiger partial charge on any atom is -0.464 e. The van der Waals surface area contributed by atoms with E-state index in [1.165, 1.54) is 13.3 Å². The Bertz CT molecular complexity index is 810. The number of ether oxygens (including phenoxy) is 3. The molecule has 9 heteroatoms. The zero-order valence-electron chi connectivity index (χ0n) is 15.0. The lowest BCUT2D eigenvalue weighted by molar-refractivity contribution is -0.277. The standard InChI is InChI=1S/C19H21NO8/c1-26-18(25)13-8-11(6-7-20-13)10-2-4-12(5-3-10)27-19-17(24)16(23)15(22)14(9-21)28-19/h2-8,14-17,19,21-24H,9H2,1H3. The topological polar surface area (TPSA) is 139 Å². The number of aliphatic hydroxyl groups excluding tert-OH is 4. The molecule has 1 fully saturated rings. The van der Waals surface area contributed by atoms with Crippen molar-refractivity contribution in [3.8, 4) is 16.9 Å². The van der Waals surface area contributed by atoms with E-state index in [1.54, 1.807) is 36.4 Å². The maximum absolute atomic E-state index is 11.6. The Balaban J connectivity index is 1.74. The van der Waals surface area contributed by atoms with Crippen LogP contribution in [0, 0.1) is 0 Å². The largest absolute Gasteiger partial charge is 0.464 e. The number of hydrogen-bond acceptors (Lipinski definition) is 9. The van der Waals surface area contributed by atoms with E-state index in [0.717, 1.165) is 11.1 Å². The molecule has 4 N–H and O–H groups in total. The van der Waals surface area contributed by atoms with Crippen LogP contribution in [0.5, 0.6) is 5.75 Å². The number of aliphatic hydroxyl groups is 4. The molecule has 0 aliphatic carbocycles. The Morgan fingerprint density at radius 2 is 1.79 bits per heavy atom. The summed E-state index contributed by atoms with van der Waals surface area (Å²) in [6.07, 6.45) is -5.24. The number of benzene rings is 1. The molecule has 0 amide bonds. The summed E-state index contributed by atoms with van der Waals surface area (Å²) in [4.78, 5) is 15.6. The highest BCUT2D eigenvalue weighted by molar-refractivity contribution is 5.88. The lowest BCUT2D eigenvalue weighted by Crippen LogP contribution is -2.60. The van der Waals surface area contributed by atoms with Gasteiger partial charge in [-0.1, -0.05) is 12.1 Å². The Labute approximate surface area is 160 Å². The average molecular weight is 391 g/mol. The van der Waals surface area contributed by atoms with Crippen molar-refractivity contribution in [2.75, 3.05) is 13.7 Å². The number of pyridine rings is 1. The van der Waals surface area contributed by atoms with Crippen molar-refractivity contribution in [2.45, 2.75) is 30.7 Å². The van der Waals surface area contributed by atoms with Crippen LogP contribution in [-0.4, -0.2) is 75.8 Å². The smallest absolute Gasteiger partial charge is 0.356 e. The fourth-order valence-corrected chi connectivity index (χ4v) is 2.85. The molecule has 0 bridgehead atoms. The monoisotopic (exact) mass is 391 g/mol. The quantitative estimate of drug-likeness (QED) is 0.507. The van der Waals surface area contributed by atoms with E-state index in [0.29, 0.717) is 5.75 Å². The van der Waals surface area contributed by atoms with Crippen molar-refractivity contribution in [3.05, 3.63) is 48.3 Å². The molecule has 150 valence electrons. The summed E-state index contributed by atoms with van der Waals surface area (Å²) in [6, 6.07) is 10.0. The first-order valence-electron chi connectivity index (χ1n) is 8.56. The number of carbonyl (C=O) groups excluding carboxylic acids is 1. The van der Waals surface area contributed by atoms with Crippen LogP contribution >= 0.6 is 0 Å². The van der Waals surface area contributed by atoms with E-state index in [4.69, 9.17) is 9.47 Å². The van der Waals surface area contributed by atoms with Crippen molar-refractivity contribution in [1.29, 1.82) is 0 Å². The molecule has 2 heterocycles. The second kappa shape index (κ2) is 8.63. The molecule has 0 spiro atoms. The molecule has 9 nitrogen and oxygen atoms in total. The van der Waals surface area contributed by atoms with Crippen LogP contribution in [0.1, 0.15) is 10.5 Å². The predicted octanol–water partition coefficient (Wildman–Crippen LogP) is -0.286. The first-order chi connectivity index (χ1) is 13.4. The molecule has 3 rings (SSSR count). The Morgan fingerprint density at radius 3 is 2.43 bits per heavy atom. The van der Waals surface area contributed by atoms with E-state index >= 15 is 0 Å². The van der Waals surface area contributed by atoms with E-state index in [2.05, 4.69) is 9.72 Å². The van der Waals surface area contributed by atoms with Crippen LogP contribution in [-0.2, 0) is 9.47 Å². The molecule has 28 heavy (non-hydrogen) atoms. The average Bonchev–Trinajstić information content (AvgIpc) is 2.74. The summed E-state index contributed by atoms with van der Waals surface area (Å²) in [5.74, 6) is -0.195. The highest BCUT2D eigenvalue weighted by Gasteiger charge is 2.44. The summed E-state index contributed by atoms with van der Waals surface area (Å²) in [6.45, 7) is -0.533. The minimum atomic E-state index is -1.51. The van der Waals surface area contributed by atoms with Crippen LogP contribution in [0.4, 0.5) is 0 Å². The van der Waals surface area contributed by atoms with Gasteiger partial charge in [0.15, 0.2) is 0 Å². The van der Waals surface area contributed by atoms with Crippen molar-refractivity contribution < 1.29 is 39.4 Å². The van der Waals surface area contributed by atoms with Crippen LogP contribution < -0.4 is 4.74 Å². The van der Waals surface area contributed by atoms with Crippen molar-refractivity contribution in [2.24, 2.45) is 0 Å². The van der Waals surface area contributed by atoms with Gasteiger partial charge in [0.25, 0.3) is 0 Å². The zero-order valence-corrected chi connectivity index (χ0v) is 15.0. The molecule has 1 aromatic heterocycles. The van der Waals surface area contributed by atoms with Gasteiger partial charge in [0, 0.05) is 6.20 Å². The highest BCUT2D eigenvalue weighted by atomic mass is 16.7. The van der Waals surface area contributed by atoms with Crippen molar-refractivity contribution in [3.63, 3.8) is 0 Å². The molecule has 5 unspecified atom stereocenters. The van der Waals surface area contributed by atoms with Gasteiger partial charge in [0.05, 0.1) is 13.7 Å². The molecule has 5 atom stereocenters. The number of aromatic nitrogens is 1. The van der Waals surface area contributed by atoms with Crippen LogP contribution in [0.3, 0.4) is 0 Å². The van der Waals surface area contributed by atoms with Gasteiger partial charge in [-0.3, -0.25) is 0 Å². The maximum Gasteiger partial charge on any atom is 0.356 e. The van der Waals surface area contributed by atoms with E-state index in [-0.39, 0.29) is 5.69 Å². The third-order valence-electron chi connectivity index (χ3n) is 4.44. The molecule has 1 saturated heterocycles. The maximum atomic E-state index is 11.6. The molecular weight excluding hydrogens is 370 g/mol. The minimum absolute atomic E-state index is 0.182. The van der Waals surface area contributed by atoms with Gasteiger partial charge in [0.1, 0.15) is 35.9 Å².